The maximum atomic E-state index is 9.60. The molecular weight excluding hydrogens is 136 g/mol. The Balaban J connectivity index is 2.02. The Morgan fingerprint density at radius 3 is 2.64 bits per heavy atom. The van der Waals surface area contributed by atoms with Crippen LogP contribution in [-0.2, 0) is 0 Å². The van der Waals surface area contributed by atoms with Crippen LogP contribution in [0, 0.1) is 23.7 Å². The van der Waals surface area contributed by atoms with E-state index in [4.69, 9.17) is 0 Å². The summed E-state index contributed by atoms with van der Waals surface area (Å²) < 4.78 is 0. The summed E-state index contributed by atoms with van der Waals surface area (Å²) in [6, 6.07) is 0. The normalized spacial score (nSPS) is 57.4. The monoisotopic (exact) mass is 148 g/mol. The number of aliphatic hydroxyl groups is 1. The highest BCUT2D eigenvalue weighted by molar-refractivity contribution is 5.24. The Bertz CT molecular complexity index is 241. The third-order valence-corrected chi connectivity index (χ3v) is 3.51. The minimum atomic E-state index is -0.153. The van der Waals surface area contributed by atoms with Gasteiger partial charge in [0.15, 0.2) is 0 Å². The van der Waals surface area contributed by atoms with E-state index >= 15 is 0 Å². The molecule has 0 saturated heterocycles. The van der Waals surface area contributed by atoms with E-state index in [1.54, 1.807) is 0 Å². The first-order chi connectivity index (χ1) is 5.36. The minimum Gasteiger partial charge on any atom is -0.389 e. The highest BCUT2D eigenvalue weighted by atomic mass is 16.3. The molecule has 1 N–H and O–H groups in total. The van der Waals surface area contributed by atoms with Gasteiger partial charge in [-0.1, -0.05) is 24.3 Å². The zero-order chi connectivity index (χ0) is 7.42. The minimum absolute atomic E-state index is 0.153. The van der Waals surface area contributed by atoms with E-state index in [2.05, 4.69) is 18.2 Å². The highest BCUT2D eigenvalue weighted by Crippen LogP contribution is 2.52. The van der Waals surface area contributed by atoms with Gasteiger partial charge in [-0.2, -0.15) is 0 Å². The van der Waals surface area contributed by atoms with Gasteiger partial charge in [-0.05, 0) is 24.2 Å². The van der Waals surface area contributed by atoms with Gasteiger partial charge >= 0.3 is 0 Å². The van der Waals surface area contributed by atoms with Gasteiger partial charge in [-0.25, -0.2) is 0 Å². The second-order valence-corrected chi connectivity index (χ2v) is 3.98. The Morgan fingerprint density at radius 1 is 1.00 bits per heavy atom. The maximum Gasteiger partial charge on any atom is 0.0760 e. The van der Waals surface area contributed by atoms with Gasteiger partial charge in [-0.15, -0.1) is 0 Å². The largest absolute Gasteiger partial charge is 0.389 e. The molecule has 0 aromatic heterocycles. The second kappa shape index (κ2) is 1.78. The molecule has 5 atom stereocenters. The summed E-state index contributed by atoms with van der Waals surface area (Å²) in [4.78, 5) is 0. The number of allylic oxidation sites excluding steroid dienone is 3. The van der Waals surface area contributed by atoms with Crippen molar-refractivity contribution in [2.24, 2.45) is 23.7 Å². The van der Waals surface area contributed by atoms with Crippen molar-refractivity contribution in [1.29, 1.82) is 0 Å². The summed E-state index contributed by atoms with van der Waals surface area (Å²) in [6.45, 7) is 0. The third kappa shape index (κ3) is 0.603. The fourth-order valence-corrected chi connectivity index (χ4v) is 3.02. The molecule has 0 amide bonds. The van der Waals surface area contributed by atoms with Gasteiger partial charge in [0.2, 0.25) is 0 Å². The molecule has 0 heterocycles. The summed E-state index contributed by atoms with van der Waals surface area (Å²) >= 11 is 0. The Hall–Kier alpha value is -0.560. The number of rotatable bonds is 0. The number of aliphatic hydroxyl groups excluding tert-OH is 1. The molecule has 1 fully saturated rings. The van der Waals surface area contributed by atoms with Crippen molar-refractivity contribution in [1.82, 2.24) is 0 Å². The molecule has 11 heavy (non-hydrogen) atoms. The molecule has 0 unspecified atom stereocenters. The van der Waals surface area contributed by atoms with E-state index in [1.807, 2.05) is 6.08 Å². The second-order valence-electron chi connectivity index (χ2n) is 3.98. The molecule has 0 aromatic rings. The first-order valence-corrected chi connectivity index (χ1v) is 4.41. The lowest BCUT2D eigenvalue weighted by Crippen LogP contribution is -2.23. The van der Waals surface area contributed by atoms with Crippen molar-refractivity contribution in [3.05, 3.63) is 24.3 Å². The van der Waals surface area contributed by atoms with Crippen LogP contribution in [-0.4, -0.2) is 11.2 Å². The SMILES string of the molecule is O[C@H]1C=C[C@@H]2[C@H]1[C@H]1C=C[C@H]2C1. The molecular formula is C10H12O. The highest BCUT2D eigenvalue weighted by Gasteiger charge is 2.48. The van der Waals surface area contributed by atoms with Crippen LogP contribution in [0.25, 0.3) is 0 Å². The molecule has 1 saturated carbocycles. The zero-order valence-corrected chi connectivity index (χ0v) is 6.35. The average Bonchev–Trinajstić information content (AvgIpc) is 2.60. The van der Waals surface area contributed by atoms with Gasteiger partial charge in [-0.3, -0.25) is 0 Å². The van der Waals surface area contributed by atoms with Gasteiger partial charge in [0.25, 0.3) is 0 Å². The number of hydrogen-bond acceptors (Lipinski definition) is 1. The predicted molar refractivity (Wildman–Crippen MR) is 42.9 cm³/mol. The number of fused-ring (bicyclic) bond motifs is 5. The van der Waals surface area contributed by atoms with Crippen LogP contribution in [0.5, 0.6) is 0 Å². The molecule has 0 aromatic carbocycles. The Labute approximate surface area is 66.4 Å². The lowest BCUT2D eigenvalue weighted by molar-refractivity contribution is 0.132. The molecule has 3 aliphatic rings. The molecule has 2 bridgehead atoms. The number of hydrogen-bond donors (Lipinski definition) is 1. The zero-order valence-electron chi connectivity index (χ0n) is 6.35. The van der Waals surface area contributed by atoms with Crippen molar-refractivity contribution in [2.75, 3.05) is 0 Å². The van der Waals surface area contributed by atoms with Gasteiger partial charge in [0.1, 0.15) is 0 Å². The van der Waals surface area contributed by atoms with Crippen molar-refractivity contribution >= 4 is 0 Å². The summed E-state index contributed by atoms with van der Waals surface area (Å²) in [7, 11) is 0. The standard InChI is InChI=1S/C10H12O/c11-9-4-3-8-6-1-2-7(5-6)10(8)9/h1-4,6-11H,5H2/t6-,7-,8-,9-,10+/m0/s1. The molecule has 1 heteroatoms. The van der Waals surface area contributed by atoms with Gasteiger partial charge < -0.3 is 5.11 Å². The molecule has 58 valence electrons. The smallest absolute Gasteiger partial charge is 0.0760 e. The molecule has 0 spiro atoms. The molecule has 3 aliphatic carbocycles. The van der Waals surface area contributed by atoms with E-state index in [0.717, 1.165) is 5.92 Å². The summed E-state index contributed by atoms with van der Waals surface area (Å²) in [6.07, 6.45) is 9.94. The Kier molecular flexibility index (Phi) is 0.972. The first kappa shape index (κ1) is 6.01. The van der Waals surface area contributed by atoms with Crippen LogP contribution in [0.2, 0.25) is 0 Å². The van der Waals surface area contributed by atoms with E-state index in [9.17, 15) is 5.11 Å². The average molecular weight is 148 g/mol. The van der Waals surface area contributed by atoms with Crippen molar-refractivity contribution < 1.29 is 5.11 Å². The fourth-order valence-electron chi connectivity index (χ4n) is 3.02. The van der Waals surface area contributed by atoms with E-state index < -0.39 is 0 Å². The van der Waals surface area contributed by atoms with Crippen molar-refractivity contribution in [2.45, 2.75) is 12.5 Å². The summed E-state index contributed by atoms with van der Waals surface area (Å²) in [5.74, 6) is 2.62. The van der Waals surface area contributed by atoms with E-state index in [1.165, 1.54) is 6.42 Å². The molecule has 3 rings (SSSR count). The molecule has 0 aliphatic heterocycles. The van der Waals surface area contributed by atoms with Gasteiger partial charge in [0, 0.05) is 5.92 Å². The lowest BCUT2D eigenvalue weighted by Gasteiger charge is -2.22. The Morgan fingerprint density at radius 2 is 1.82 bits per heavy atom. The van der Waals surface area contributed by atoms with Crippen LogP contribution in [0.4, 0.5) is 0 Å². The summed E-state index contributed by atoms with van der Waals surface area (Å²) in [5.41, 5.74) is 0. The fraction of sp³-hybridized carbons (Fsp3) is 0.600. The topological polar surface area (TPSA) is 20.2 Å². The predicted octanol–water partition coefficient (Wildman–Crippen LogP) is 1.36. The van der Waals surface area contributed by atoms with E-state index in [-0.39, 0.29) is 6.10 Å². The van der Waals surface area contributed by atoms with Crippen LogP contribution < -0.4 is 0 Å². The van der Waals surface area contributed by atoms with Crippen LogP contribution in [0.15, 0.2) is 24.3 Å². The van der Waals surface area contributed by atoms with Crippen molar-refractivity contribution in [3.63, 3.8) is 0 Å². The first-order valence-electron chi connectivity index (χ1n) is 4.41. The van der Waals surface area contributed by atoms with Crippen LogP contribution >= 0.6 is 0 Å². The van der Waals surface area contributed by atoms with E-state index in [0.29, 0.717) is 17.8 Å². The molecule has 0 radical (unpaired) electrons. The summed E-state index contributed by atoms with van der Waals surface area (Å²) in [5, 5.41) is 9.60. The molecule has 1 nitrogen and oxygen atoms in total. The lowest BCUT2D eigenvalue weighted by atomic mass is 9.84. The maximum absolute atomic E-state index is 9.60. The van der Waals surface area contributed by atoms with Crippen molar-refractivity contribution in [3.8, 4) is 0 Å². The van der Waals surface area contributed by atoms with Crippen LogP contribution in [0.3, 0.4) is 0 Å². The third-order valence-electron chi connectivity index (χ3n) is 3.51. The van der Waals surface area contributed by atoms with Crippen LogP contribution in [0.1, 0.15) is 6.42 Å². The quantitative estimate of drug-likeness (QED) is 0.514. The van der Waals surface area contributed by atoms with Gasteiger partial charge in [0.05, 0.1) is 6.10 Å².